The Morgan fingerprint density at radius 3 is 2.50 bits per heavy atom. The van der Waals surface area contributed by atoms with E-state index in [-0.39, 0.29) is 5.57 Å². The van der Waals surface area contributed by atoms with Crippen molar-refractivity contribution in [1.29, 1.82) is 5.26 Å². The maximum atomic E-state index is 12.3. The van der Waals surface area contributed by atoms with Crippen molar-refractivity contribution >= 4 is 40.5 Å². The van der Waals surface area contributed by atoms with Gasteiger partial charge in [-0.25, -0.2) is 0 Å². The van der Waals surface area contributed by atoms with Gasteiger partial charge in [-0.1, -0.05) is 23.2 Å². The topological polar surface area (TPSA) is 83.4 Å². The van der Waals surface area contributed by atoms with Crippen LogP contribution in [0.4, 0.5) is 11.4 Å². The highest BCUT2D eigenvalue weighted by Gasteiger charge is 2.12. The number of anilines is 2. The second kappa shape index (κ2) is 10.5. The van der Waals surface area contributed by atoms with Crippen LogP contribution < -0.4 is 20.1 Å². The first-order valence-corrected chi connectivity index (χ1v) is 9.26. The zero-order chi connectivity index (χ0) is 20.5. The maximum absolute atomic E-state index is 12.3. The Morgan fingerprint density at radius 2 is 1.82 bits per heavy atom. The predicted octanol–water partition coefficient (Wildman–Crippen LogP) is 5.25. The van der Waals surface area contributed by atoms with Crippen molar-refractivity contribution in [2.75, 3.05) is 23.8 Å². The Hall–Kier alpha value is -2.88. The normalized spacial score (nSPS) is 10.8. The van der Waals surface area contributed by atoms with Crippen molar-refractivity contribution in [1.82, 2.24) is 0 Å². The fraction of sp³-hybridized carbons (Fsp3) is 0.200. The summed E-state index contributed by atoms with van der Waals surface area (Å²) in [5, 5.41) is 15.5. The molecule has 0 spiro atoms. The summed E-state index contributed by atoms with van der Waals surface area (Å²) in [5.74, 6) is 0.569. The fourth-order valence-electron chi connectivity index (χ4n) is 2.23. The van der Waals surface area contributed by atoms with Gasteiger partial charge in [0.05, 0.1) is 23.9 Å². The molecule has 1 amide bonds. The van der Waals surface area contributed by atoms with Crippen molar-refractivity contribution in [3.05, 3.63) is 58.2 Å². The molecule has 0 aliphatic heterocycles. The molecule has 0 saturated heterocycles. The molecule has 0 unspecified atom stereocenters. The van der Waals surface area contributed by atoms with Crippen molar-refractivity contribution in [2.24, 2.45) is 0 Å². The molecular formula is C20H19Cl2N3O3. The number of hydrogen-bond acceptors (Lipinski definition) is 5. The van der Waals surface area contributed by atoms with E-state index in [0.717, 1.165) is 0 Å². The van der Waals surface area contributed by atoms with Crippen LogP contribution in [0.1, 0.15) is 13.8 Å². The van der Waals surface area contributed by atoms with E-state index in [1.165, 1.54) is 12.3 Å². The Kier molecular flexibility index (Phi) is 8.00. The Bertz CT molecular complexity index is 923. The first kappa shape index (κ1) is 21.4. The number of carbonyl (C=O) groups is 1. The number of rotatable bonds is 8. The lowest BCUT2D eigenvalue weighted by Gasteiger charge is -2.12. The number of benzene rings is 2. The van der Waals surface area contributed by atoms with E-state index < -0.39 is 5.91 Å². The summed E-state index contributed by atoms with van der Waals surface area (Å²) < 4.78 is 11.1. The molecule has 0 radical (unpaired) electrons. The van der Waals surface area contributed by atoms with Gasteiger partial charge in [0.1, 0.15) is 11.6 Å². The van der Waals surface area contributed by atoms with E-state index in [2.05, 4.69) is 10.6 Å². The van der Waals surface area contributed by atoms with Crippen LogP contribution in [0.2, 0.25) is 10.0 Å². The van der Waals surface area contributed by atoms with Crippen molar-refractivity contribution in [2.45, 2.75) is 13.8 Å². The van der Waals surface area contributed by atoms with Gasteiger partial charge in [0.15, 0.2) is 11.5 Å². The van der Waals surface area contributed by atoms with Gasteiger partial charge in [-0.3, -0.25) is 4.79 Å². The molecule has 0 fully saturated rings. The van der Waals surface area contributed by atoms with Crippen LogP contribution in [0.3, 0.4) is 0 Å². The first-order valence-electron chi connectivity index (χ1n) is 8.51. The van der Waals surface area contributed by atoms with Crippen LogP contribution in [-0.4, -0.2) is 19.1 Å². The van der Waals surface area contributed by atoms with Gasteiger partial charge in [0, 0.05) is 23.0 Å². The van der Waals surface area contributed by atoms with E-state index >= 15 is 0 Å². The van der Waals surface area contributed by atoms with Gasteiger partial charge in [-0.2, -0.15) is 5.26 Å². The SMILES string of the molecule is CCOc1ccc(N/C=C(/C#N)C(=O)Nc2cc(Cl)ccc2Cl)cc1OCC. The highest BCUT2D eigenvalue weighted by atomic mass is 35.5. The fourth-order valence-corrected chi connectivity index (χ4v) is 2.56. The molecule has 2 rings (SSSR count). The average molecular weight is 420 g/mol. The third-order valence-electron chi connectivity index (χ3n) is 3.47. The van der Waals surface area contributed by atoms with Crippen LogP contribution in [0.5, 0.6) is 11.5 Å². The number of nitriles is 1. The van der Waals surface area contributed by atoms with Crippen LogP contribution in [-0.2, 0) is 4.79 Å². The van der Waals surface area contributed by atoms with Crippen LogP contribution in [0.25, 0.3) is 0 Å². The second-order valence-corrected chi connectivity index (χ2v) is 6.26. The van der Waals surface area contributed by atoms with E-state index in [4.69, 9.17) is 32.7 Å². The maximum Gasteiger partial charge on any atom is 0.267 e. The Labute approximate surface area is 173 Å². The Balaban J connectivity index is 2.16. The monoisotopic (exact) mass is 419 g/mol. The summed E-state index contributed by atoms with van der Waals surface area (Å²) in [7, 11) is 0. The van der Waals surface area contributed by atoms with Gasteiger partial charge in [-0.15, -0.1) is 0 Å². The van der Waals surface area contributed by atoms with E-state index in [9.17, 15) is 10.1 Å². The zero-order valence-electron chi connectivity index (χ0n) is 15.4. The molecule has 0 atom stereocenters. The van der Waals surface area contributed by atoms with Gasteiger partial charge in [0.2, 0.25) is 0 Å². The molecule has 0 aliphatic rings. The summed E-state index contributed by atoms with van der Waals surface area (Å²) in [6.07, 6.45) is 1.30. The minimum Gasteiger partial charge on any atom is -0.490 e. The molecule has 0 aliphatic carbocycles. The molecule has 0 heterocycles. The van der Waals surface area contributed by atoms with E-state index in [0.29, 0.717) is 46.1 Å². The molecule has 2 N–H and O–H groups in total. The van der Waals surface area contributed by atoms with Crippen LogP contribution >= 0.6 is 23.2 Å². The molecular weight excluding hydrogens is 401 g/mol. The van der Waals surface area contributed by atoms with Crippen LogP contribution in [0.15, 0.2) is 48.2 Å². The number of carbonyl (C=O) groups excluding carboxylic acids is 1. The summed E-state index contributed by atoms with van der Waals surface area (Å²) in [5.41, 5.74) is 0.816. The van der Waals surface area contributed by atoms with Crippen molar-refractivity contribution in [3.8, 4) is 17.6 Å². The smallest absolute Gasteiger partial charge is 0.267 e. The van der Waals surface area contributed by atoms with E-state index in [1.807, 2.05) is 19.9 Å². The van der Waals surface area contributed by atoms with Crippen molar-refractivity contribution < 1.29 is 14.3 Å². The highest BCUT2D eigenvalue weighted by Crippen LogP contribution is 2.31. The highest BCUT2D eigenvalue weighted by molar-refractivity contribution is 6.36. The van der Waals surface area contributed by atoms with E-state index in [1.54, 1.807) is 30.3 Å². The summed E-state index contributed by atoms with van der Waals surface area (Å²) in [4.78, 5) is 12.3. The van der Waals surface area contributed by atoms with Gasteiger partial charge in [0.25, 0.3) is 5.91 Å². The number of nitrogens with one attached hydrogen (secondary N) is 2. The van der Waals surface area contributed by atoms with Crippen LogP contribution in [0, 0.1) is 11.3 Å². The quantitative estimate of drug-likeness (QED) is 0.450. The molecule has 28 heavy (non-hydrogen) atoms. The molecule has 0 bridgehead atoms. The average Bonchev–Trinajstić information content (AvgIpc) is 2.67. The number of amides is 1. The molecule has 146 valence electrons. The number of halogens is 2. The minimum absolute atomic E-state index is 0.136. The summed E-state index contributed by atoms with van der Waals surface area (Å²) >= 11 is 11.9. The summed E-state index contributed by atoms with van der Waals surface area (Å²) in [6.45, 7) is 4.74. The first-order chi connectivity index (χ1) is 13.5. The third-order valence-corrected chi connectivity index (χ3v) is 4.03. The zero-order valence-corrected chi connectivity index (χ0v) is 16.9. The lowest BCUT2D eigenvalue weighted by molar-refractivity contribution is -0.112. The molecule has 0 saturated carbocycles. The number of ether oxygens (including phenoxy) is 2. The number of nitrogens with zero attached hydrogens (tertiary/aromatic N) is 1. The molecule has 2 aromatic rings. The van der Waals surface area contributed by atoms with Gasteiger partial charge < -0.3 is 20.1 Å². The molecule has 8 heteroatoms. The summed E-state index contributed by atoms with van der Waals surface area (Å²) in [6, 6.07) is 11.8. The third kappa shape index (κ3) is 5.81. The lowest BCUT2D eigenvalue weighted by atomic mass is 10.2. The van der Waals surface area contributed by atoms with Gasteiger partial charge in [-0.05, 0) is 44.2 Å². The molecule has 2 aromatic carbocycles. The minimum atomic E-state index is -0.616. The molecule has 0 aromatic heterocycles. The predicted molar refractivity (Wildman–Crippen MR) is 111 cm³/mol. The van der Waals surface area contributed by atoms with Crippen molar-refractivity contribution in [3.63, 3.8) is 0 Å². The lowest BCUT2D eigenvalue weighted by Crippen LogP contribution is -2.15. The largest absolute Gasteiger partial charge is 0.490 e. The Morgan fingerprint density at radius 1 is 1.11 bits per heavy atom. The molecule has 6 nitrogen and oxygen atoms in total. The van der Waals surface area contributed by atoms with Gasteiger partial charge >= 0.3 is 0 Å². The standard InChI is InChI=1S/C20H19Cl2N3O3/c1-3-27-18-8-6-15(10-19(18)28-4-2)24-12-13(11-23)20(26)25-17-9-14(21)5-7-16(17)22/h5-10,12,24H,3-4H2,1-2H3,(H,25,26)/b13-12-. The second-order valence-electron chi connectivity index (χ2n) is 5.42. The number of hydrogen-bond donors (Lipinski definition) is 2.